The summed E-state index contributed by atoms with van der Waals surface area (Å²) in [6.45, 7) is 3.17. The fourth-order valence-electron chi connectivity index (χ4n) is 1.85. The van der Waals surface area contributed by atoms with Crippen LogP contribution < -0.4 is 10.5 Å². The van der Waals surface area contributed by atoms with Gasteiger partial charge in [0.05, 0.1) is 7.11 Å². The summed E-state index contributed by atoms with van der Waals surface area (Å²) in [4.78, 5) is 13.5. The maximum atomic E-state index is 11.8. The lowest BCUT2D eigenvalue weighted by atomic mass is 10.1. The third-order valence-corrected chi connectivity index (χ3v) is 2.90. The summed E-state index contributed by atoms with van der Waals surface area (Å²) in [5.41, 5.74) is 7.59. The summed E-state index contributed by atoms with van der Waals surface area (Å²) >= 11 is 0. The Kier molecular flexibility index (Phi) is 5.65. The molecule has 0 saturated heterocycles. The average Bonchev–Trinajstić information content (AvgIpc) is 2.36. The van der Waals surface area contributed by atoms with Gasteiger partial charge < -0.3 is 15.4 Å². The summed E-state index contributed by atoms with van der Waals surface area (Å²) in [6.07, 6.45) is 1.26. The normalized spacial score (nSPS) is 10.2. The maximum Gasteiger partial charge on any atom is 0.222 e. The standard InChI is InChI=1S/C14H22N2O2/c1-11-9-12(6-7-13(11)18-3)10-16(2)14(17)5-4-8-15/h6-7,9H,4-5,8,10,15H2,1-3H3. The number of nitrogens with zero attached hydrogens (tertiary/aromatic N) is 1. The second-order valence-electron chi connectivity index (χ2n) is 4.45. The van der Waals surface area contributed by atoms with Gasteiger partial charge in [0.25, 0.3) is 0 Å². The Labute approximate surface area is 109 Å². The minimum Gasteiger partial charge on any atom is -0.496 e. The van der Waals surface area contributed by atoms with Crippen molar-refractivity contribution in [3.8, 4) is 5.75 Å². The van der Waals surface area contributed by atoms with E-state index in [0.717, 1.165) is 23.3 Å². The highest BCUT2D eigenvalue weighted by molar-refractivity contribution is 5.75. The van der Waals surface area contributed by atoms with Gasteiger partial charge in [-0.15, -0.1) is 0 Å². The lowest BCUT2D eigenvalue weighted by Crippen LogP contribution is -2.26. The Morgan fingerprint density at radius 2 is 2.17 bits per heavy atom. The molecule has 0 spiro atoms. The molecule has 1 aromatic rings. The molecular weight excluding hydrogens is 228 g/mol. The van der Waals surface area contributed by atoms with Crippen LogP contribution in [-0.4, -0.2) is 31.5 Å². The van der Waals surface area contributed by atoms with Crippen molar-refractivity contribution >= 4 is 5.91 Å². The average molecular weight is 250 g/mol. The fourth-order valence-corrected chi connectivity index (χ4v) is 1.85. The Morgan fingerprint density at radius 1 is 1.44 bits per heavy atom. The highest BCUT2D eigenvalue weighted by atomic mass is 16.5. The zero-order chi connectivity index (χ0) is 13.5. The molecule has 4 nitrogen and oxygen atoms in total. The smallest absolute Gasteiger partial charge is 0.222 e. The topological polar surface area (TPSA) is 55.6 Å². The number of methoxy groups -OCH3 is 1. The third kappa shape index (κ3) is 4.04. The Hall–Kier alpha value is -1.55. The first kappa shape index (κ1) is 14.5. The van der Waals surface area contributed by atoms with Crippen molar-refractivity contribution in [1.29, 1.82) is 0 Å². The first-order chi connectivity index (χ1) is 8.58. The van der Waals surface area contributed by atoms with E-state index in [0.29, 0.717) is 19.5 Å². The van der Waals surface area contributed by atoms with Gasteiger partial charge in [0.1, 0.15) is 5.75 Å². The summed E-state index contributed by atoms with van der Waals surface area (Å²) in [6, 6.07) is 5.97. The molecule has 0 radical (unpaired) electrons. The Bertz CT molecular complexity index is 405. The van der Waals surface area contributed by atoms with Crippen molar-refractivity contribution in [1.82, 2.24) is 4.90 Å². The minimum absolute atomic E-state index is 0.133. The lowest BCUT2D eigenvalue weighted by Gasteiger charge is -2.18. The molecule has 18 heavy (non-hydrogen) atoms. The first-order valence-electron chi connectivity index (χ1n) is 6.16. The molecule has 100 valence electrons. The highest BCUT2D eigenvalue weighted by Gasteiger charge is 2.09. The summed E-state index contributed by atoms with van der Waals surface area (Å²) in [7, 11) is 3.48. The Morgan fingerprint density at radius 3 is 2.72 bits per heavy atom. The summed E-state index contributed by atoms with van der Waals surface area (Å²) in [5, 5.41) is 0. The molecule has 0 aromatic heterocycles. The van der Waals surface area contributed by atoms with E-state index in [-0.39, 0.29) is 5.91 Å². The number of rotatable bonds is 6. The van der Waals surface area contributed by atoms with E-state index in [1.54, 1.807) is 12.0 Å². The second-order valence-corrected chi connectivity index (χ2v) is 4.45. The van der Waals surface area contributed by atoms with Crippen LogP contribution in [0.15, 0.2) is 18.2 Å². The number of hydrogen-bond donors (Lipinski definition) is 1. The van der Waals surface area contributed by atoms with Gasteiger partial charge in [0.2, 0.25) is 5.91 Å². The number of carbonyl (C=O) groups is 1. The number of carbonyl (C=O) groups excluding carboxylic acids is 1. The van der Waals surface area contributed by atoms with E-state index < -0.39 is 0 Å². The van der Waals surface area contributed by atoms with Crippen LogP contribution in [0.25, 0.3) is 0 Å². The summed E-state index contributed by atoms with van der Waals surface area (Å²) in [5.74, 6) is 1.00. The molecule has 0 aliphatic carbocycles. The van der Waals surface area contributed by atoms with Crippen molar-refractivity contribution in [3.63, 3.8) is 0 Å². The van der Waals surface area contributed by atoms with Crippen LogP contribution in [0, 0.1) is 6.92 Å². The largest absolute Gasteiger partial charge is 0.496 e. The molecule has 1 amide bonds. The van der Waals surface area contributed by atoms with Crippen LogP contribution in [0.4, 0.5) is 0 Å². The molecule has 0 heterocycles. The molecule has 0 aliphatic rings. The van der Waals surface area contributed by atoms with Crippen molar-refractivity contribution < 1.29 is 9.53 Å². The number of benzene rings is 1. The molecule has 4 heteroatoms. The third-order valence-electron chi connectivity index (χ3n) is 2.90. The first-order valence-corrected chi connectivity index (χ1v) is 6.16. The van der Waals surface area contributed by atoms with Crippen molar-refractivity contribution in [2.24, 2.45) is 5.73 Å². The molecule has 0 unspecified atom stereocenters. The van der Waals surface area contributed by atoms with E-state index >= 15 is 0 Å². The summed E-state index contributed by atoms with van der Waals surface area (Å²) < 4.78 is 5.21. The quantitative estimate of drug-likeness (QED) is 0.836. The molecule has 1 rings (SSSR count). The van der Waals surface area contributed by atoms with Gasteiger partial charge in [-0.2, -0.15) is 0 Å². The van der Waals surface area contributed by atoms with E-state index in [1.165, 1.54) is 0 Å². The van der Waals surface area contributed by atoms with Gasteiger partial charge in [0.15, 0.2) is 0 Å². The number of ether oxygens (including phenoxy) is 1. The fraction of sp³-hybridized carbons (Fsp3) is 0.500. The lowest BCUT2D eigenvalue weighted by molar-refractivity contribution is -0.130. The Balaban J connectivity index is 2.61. The zero-order valence-electron chi connectivity index (χ0n) is 11.4. The SMILES string of the molecule is COc1ccc(CN(C)C(=O)CCCN)cc1C. The van der Waals surface area contributed by atoms with Crippen LogP contribution >= 0.6 is 0 Å². The van der Waals surface area contributed by atoms with Gasteiger partial charge >= 0.3 is 0 Å². The zero-order valence-corrected chi connectivity index (χ0v) is 11.4. The van der Waals surface area contributed by atoms with Gasteiger partial charge in [-0.05, 0) is 37.1 Å². The predicted octanol–water partition coefficient (Wildman–Crippen LogP) is 1.70. The van der Waals surface area contributed by atoms with Crippen molar-refractivity contribution in [3.05, 3.63) is 29.3 Å². The van der Waals surface area contributed by atoms with Gasteiger partial charge in [0, 0.05) is 20.0 Å². The van der Waals surface area contributed by atoms with Gasteiger partial charge in [-0.1, -0.05) is 12.1 Å². The molecule has 0 bridgehead atoms. The molecule has 0 atom stereocenters. The maximum absolute atomic E-state index is 11.8. The molecule has 0 aliphatic heterocycles. The molecule has 2 N–H and O–H groups in total. The van der Waals surface area contributed by atoms with Crippen LogP contribution in [0.1, 0.15) is 24.0 Å². The van der Waals surface area contributed by atoms with Crippen molar-refractivity contribution in [2.75, 3.05) is 20.7 Å². The number of hydrogen-bond acceptors (Lipinski definition) is 3. The molecule has 0 fully saturated rings. The second kappa shape index (κ2) is 7.01. The van der Waals surface area contributed by atoms with E-state index in [4.69, 9.17) is 10.5 Å². The van der Waals surface area contributed by atoms with E-state index in [2.05, 4.69) is 0 Å². The number of nitrogens with two attached hydrogens (primary N) is 1. The molecule has 1 aromatic carbocycles. The van der Waals surface area contributed by atoms with Crippen LogP contribution in [0.3, 0.4) is 0 Å². The molecule has 0 saturated carbocycles. The van der Waals surface area contributed by atoms with E-state index in [9.17, 15) is 4.79 Å². The van der Waals surface area contributed by atoms with E-state index in [1.807, 2.05) is 32.2 Å². The van der Waals surface area contributed by atoms with Crippen LogP contribution in [0.5, 0.6) is 5.75 Å². The predicted molar refractivity (Wildman–Crippen MR) is 72.5 cm³/mol. The minimum atomic E-state index is 0.133. The number of amides is 1. The highest BCUT2D eigenvalue weighted by Crippen LogP contribution is 2.19. The van der Waals surface area contributed by atoms with Crippen molar-refractivity contribution in [2.45, 2.75) is 26.3 Å². The monoisotopic (exact) mass is 250 g/mol. The van der Waals surface area contributed by atoms with Gasteiger partial charge in [-0.25, -0.2) is 0 Å². The molecular formula is C14H22N2O2. The van der Waals surface area contributed by atoms with Gasteiger partial charge in [-0.3, -0.25) is 4.79 Å². The number of aryl methyl sites for hydroxylation is 1. The van der Waals surface area contributed by atoms with Crippen LogP contribution in [-0.2, 0) is 11.3 Å². The van der Waals surface area contributed by atoms with Crippen LogP contribution in [0.2, 0.25) is 0 Å².